The van der Waals surface area contributed by atoms with Crippen LogP contribution in [-0.2, 0) is 9.36 Å². The van der Waals surface area contributed by atoms with Gasteiger partial charge in [0.05, 0.1) is 6.54 Å². The molecule has 5 nitrogen and oxygen atoms in total. The van der Waals surface area contributed by atoms with Gasteiger partial charge in [0.15, 0.2) is 0 Å². The molecule has 0 saturated carbocycles. The van der Waals surface area contributed by atoms with E-state index in [4.69, 9.17) is 9.79 Å². The largest absolute Gasteiger partial charge is 0.325 e. The van der Waals surface area contributed by atoms with Gasteiger partial charge < -0.3 is 9.79 Å². The van der Waals surface area contributed by atoms with Gasteiger partial charge in [-0.3, -0.25) is 4.57 Å². The molecule has 0 aromatic carbocycles. The SMILES string of the molecule is O=C=NCCCCCCCCCCCCCP(=O)(O)O. The lowest BCUT2D eigenvalue weighted by Crippen LogP contribution is -1.88. The third-order valence-corrected chi connectivity index (χ3v) is 4.18. The first-order valence-electron chi connectivity index (χ1n) is 7.64. The molecule has 0 aliphatic heterocycles. The number of rotatable bonds is 14. The van der Waals surface area contributed by atoms with E-state index in [9.17, 15) is 9.36 Å². The minimum atomic E-state index is -3.78. The molecule has 0 aliphatic rings. The fourth-order valence-corrected chi connectivity index (χ4v) is 2.78. The highest BCUT2D eigenvalue weighted by molar-refractivity contribution is 7.51. The molecule has 0 aromatic heterocycles. The molecule has 6 heteroatoms. The summed E-state index contributed by atoms with van der Waals surface area (Å²) in [6, 6.07) is 0. The van der Waals surface area contributed by atoms with Crippen LogP contribution in [0.15, 0.2) is 4.99 Å². The van der Waals surface area contributed by atoms with Crippen molar-refractivity contribution in [1.82, 2.24) is 0 Å². The molecule has 118 valence electrons. The van der Waals surface area contributed by atoms with Crippen molar-refractivity contribution >= 4 is 13.7 Å². The number of isocyanates is 1. The summed E-state index contributed by atoms with van der Waals surface area (Å²) in [6.45, 7) is 0.609. The smallest absolute Gasteiger partial charge is 0.324 e. The van der Waals surface area contributed by atoms with Crippen LogP contribution in [0.1, 0.15) is 70.6 Å². The monoisotopic (exact) mass is 305 g/mol. The average molecular weight is 305 g/mol. The molecule has 0 bridgehead atoms. The molecule has 2 N–H and O–H groups in total. The maximum absolute atomic E-state index is 10.6. The Hall–Kier alpha value is -0.470. The second-order valence-corrected chi connectivity index (χ2v) is 7.03. The van der Waals surface area contributed by atoms with Crippen molar-refractivity contribution in [3.8, 4) is 0 Å². The molecule has 0 unspecified atom stereocenters. The lowest BCUT2D eigenvalue weighted by atomic mass is 10.1. The van der Waals surface area contributed by atoms with Crippen LogP contribution in [0.2, 0.25) is 0 Å². The van der Waals surface area contributed by atoms with E-state index in [1.807, 2.05) is 0 Å². The van der Waals surface area contributed by atoms with E-state index in [-0.39, 0.29) is 6.16 Å². The third kappa shape index (κ3) is 17.5. The Morgan fingerprint density at radius 3 is 1.55 bits per heavy atom. The van der Waals surface area contributed by atoms with Crippen LogP contribution in [0.3, 0.4) is 0 Å². The number of unbranched alkanes of at least 4 members (excludes halogenated alkanes) is 10. The number of carbonyl (C=O) groups excluding carboxylic acids is 1. The number of nitrogens with zero attached hydrogens (tertiary/aromatic N) is 1. The molecule has 0 heterocycles. The maximum Gasteiger partial charge on any atom is 0.325 e. The molecule has 0 amide bonds. The first-order valence-corrected chi connectivity index (χ1v) is 9.44. The molecule has 0 aliphatic carbocycles. The number of hydrogen-bond acceptors (Lipinski definition) is 3. The predicted octanol–water partition coefficient (Wildman–Crippen LogP) is 3.79. The van der Waals surface area contributed by atoms with Crippen molar-refractivity contribution in [2.75, 3.05) is 12.7 Å². The standard InChI is InChI=1S/C14H28NO4P/c16-14-15-12-10-8-6-4-2-1-3-5-7-9-11-13-20(17,18)19/h1-13H2,(H2,17,18,19). The van der Waals surface area contributed by atoms with Gasteiger partial charge in [0.1, 0.15) is 0 Å². The highest BCUT2D eigenvalue weighted by Gasteiger charge is 2.10. The fraction of sp³-hybridized carbons (Fsp3) is 0.929. The van der Waals surface area contributed by atoms with Crippen LogP contribution in [0.4, 0.5) is 0 Å². The lowest BCUT2D eigenvalue weighted by Gasteiger charge is -2.04. The van der Waals surface area contributed by atoms with Crippen molar-refractivity contribution in [3.63, 3.8) is 0 Å². The zero-order valence-corrected chi connectivity index (χ0v) is 13.2. The van der Waals surface area contributed by atoms with Gasteiger partial charge in [-0.2, -0.15) is 0 Å². The minimum absolute atomic E-state index is 0.0289. The zero-order chi connectivity index (χ0) is 15.1. The summed E-state index contributed by atoms with van der Waals surface area (Å²) in [5.41, 5.74) is 0. The van der Waals surface area contributed by atoms with Crippen molar-refractivity contribution in [3.05, 3.63) is 0 Å². The van der Waals surface area contributed by atoms with Gasteiger partial charge in [-0.15, -0.1) is 0 Å². The predicted molar refractivity (Wildman–Crippen MR) is 80.7 cm³/mol. The lowest BCUT2D eigenvalue weighted by molar-refractivity contribution is 0.370. The van der Waals surface area contributed by atoms with E-state index in [2.05, 4.69) is 4.99 Å². The molecule has 20 heavy (non-hydrogen) atoms. The van der Waals surface area contributed by atoms with Crippen LogP contribution < -0.4 is 0 Å². The Morgan fingerprint density at radius 2 is 1.15 bits per heavy atom. The topological polar surface area (TPSA) is 87.0 Å². The Kier molecular flexibility index (Phi) is 13.2. The minimum Gasteiger partial charge on any atom is -0.324 e. The Balaban J connectivity index is 3.06. The van der Waals surface area contributed by atoms with E-state index in [0.717, 1.165) is 32.1 Å². The van der Waals surface area contributed by atoms with E-state index < -0.39 is 7.60 Å². The van der Waals surface area contributed by atoms with Gasteiger partial charge in [-0.25, -0.2) is 9.79 Å². The first kappa shape index (κ1) is 19.5. The van der Waals surface area contributed by atoms with E-state index in [1.54, 1.807) is 6.08 Å². The first-order chi connectivity index (χ1) is 9.56. The van der Waals surface area contributed by atoms with E-state index in [0.29, 0.717) is 13.0 Å². The van der Waals surface area contributed by atoms with Crippen LogP contribution in [0, 0.1) is 0 Å². The average Bonchev–Trinajstić information content (AvgIpc) is 2.38. The zero-order valence-electron chi connectivity index (χ0n) is 12.3. The van der Waals surface area contributed by atoms with Gasteiger partial charge in [0.2, 0.25) is 6.08 Å². The molecular weight excluding hydrogens is 277 g/mol. The van der Waals surface area contributed by atoms with Crippen molar-refractivity contribution in [2.45, 2.75) is 70.6 Å². The second kappa shape index (κ2) is 13.5. The summed E-state index contributed by atoms with van der Waals surface area (Å²) in [4.78, 5) is 30.7. The van der Waals surface area contributed by atoms with Gasteiger partial charge in [-0.1, -0.05) is 57.8 Å². The van der Waals surface area contributed by atoms with Gasteiger partial charge in [-0.05, 0) is 12.8 Å². The highest BCUT2D eigenvalue weighted by atomic mass is 31.2. The van der Waals surface area contributed by atoms with Crippen LogP contribution in [-0.4, -0.2) is 28.6 Å². The van der Waals surface area contributed by atoms with Gasteiger partial charge in [0.25, 0.3) is 0 Å². The fourth-order valence-electron chi connectivity index (χ4n) is 2.15. The normalized spacial score (nSPS) is 11.3. The second-order valence-electron chi connectivity index (χ2n) is 5.25. The van der Waals surface area contributed by atoms with Crippen LogP contribution in [0.25, 0.3) is 0 Å². The Bertz CT molecular complexity index is 310. The maximum atomic E-state index is 10.6. The molecule has 0 rings (SSSR count). The Labute approximate surface area is 122 Å². The van der Waals surface area contributed by atoms with Gasteiger partial charge >= 0.3 is 7.60 Å². The van der Waals surface area contributed by atoms with Crippen molar-refractivity contribution in [2.24, 2.45) is 4.99 Å². The molecule has 0 radical (unpaired) electrons. The van der Waals surface area contributed by atoms with E-state index >= 15 is 0 Å². The van der Waals surface area contributed by atoms with Crippen molar-refractivity contribution in [1.29, 1.82) is 0 Å². The summed E-state index contributed by atoms with van der Waals surface area (Å²) >= 11 is 0. The van der Waals surface area contributed by atoms with E-state index in [1.165, 1.54) is 32.1 Å². The molecule has 0 atom stereocenters. The quantitative estimate of drug-likeness (QED) is 0.221. The van der Waals surface area contributed by atoms with Gasteiger partial charge in [0, 0.05) is 6.16 Å². The molecular formula is C14H28NO4P. The number of aliphatic imine (C=N–C) groups is 1. The van der Waals surface area contributed by atoms with Crippen molar-refractivity contribution < 1.29 is 19.1 Å². The molecule has 0 spiro atoms. The molecule has 0 fully saturated rings. The summed E-state index contributed by atoms with van der Waals surface area (Å²) < 4.78 is 10.6. The Morgan fingerprint density at radius 1 is 0.750 bits per heavy atom. The third-order valence-electron chi connectivity index (χ3n) is 3.28. The molecule has 0 aromatic rings. The summed E-state index contributed by atoms with van der Waals surface area (Å²) in [6.07, 6.45) is 13.6. The molecule has 0 saturated heterocycles. The highest BCUT2D eigenvalue weighted by Crippen LogP contribution is 2.35. The summed E-state index contributed by atoms with van der Waals surface area (Å²) in [5, 5.41) is 0. The number of hydrogen-bond donors (Lipinski definition) is 2. The van der Waals surface area contributed by atoms with Crippen LogP contribution in [0.5, 0.6) is 0 Å². The van der Waals surface area contributed by atoms with Crippen LogP contribution >= 0.6 is 7.60 Å². The summed E-state index contributed by atoms with van der Waals surface area (Å²) in [7, 11) is -3.78. The summed E-state index contributed by atoms with van der Waals surface area (Å²) in [5.74, 6) is 0.